The summed E-state index contributed by atoms with van der Waals surface area (Å²) in [5.41, 5.74) is 2.20. The molecule has 0 spiro atoms. The minimum atomic E-state index is -0.306. The summed E-state index contributed by atoms with van der Waals surface area (Å²) < 4.78 is 6.98. The Hall–Kier alpha value is -3.17. The number of nitrogens with one attached hydrogen (secondary N) is 2. The van der Waals surface area contributed by atoms with E-state index < -0.39 is 0 Å². The molecule has 10 heteroatoms. The first-order chi connectivity index (χ1) is 16.8. The number of aromatic nitrogens is 3. The van der Waals surface area contributed by atoms with E-state index >= 15 is 0 Å². The number of fused-ring (bicyclic) bond motifs is 1. The molecular weight excluding hydrogens is 468 g/mol. The highest BCUT2D eigenvalue weighted by atomic mass is 35.5. The quantitative estimate of drug-likeness (QED) is 0.514. The number of anilines is 1. The Morgan fingerprint density at radius 1 is 1.26 bits per heavy atom. The molecule has 186 valence electrons. The minimum absolute atomic E-state index is 0.126. The molecule has 4 rings (SSSR count). The highest BCUT2D eigenvalue weighted by Crippen LogP contribution is 2.25. The Morgan fingerprint density at radius 3 is 2.80 bits per heavy atom. The summed E-state index contributed by atoms with van der Waals surface area (Å²) in [6, 6.07) is 7.91. The number of aryl methyl sites for hydroxylation is 1. The Bertz CT molecular complexity index is 1290. The van der Waals surface area contributed by atoms with Gasteiger partial charge in [0.05, 0.1) is 22.4 Å². The minimum Gasteiger partial charge on any atom is -0.478 e. The van der Waals surface area contributed by atoms with Crippen molar-refractivity contribution < 1.29 is 9.53 Å². The average molecular weight is 499 g/mol. The number of rotatable bonds is 7. The van der Waals surface area contributed by atoms with Gasteiger partial charge in [-0.15, -0.1) is 0 Å². The molecule has 3 aromatic rings. The predicted octanol–water partition coefficient (Wildman–Crippen LogP) is 2.13. The number of pyridine rings is 1. The van der Waals surface area contributed by atoms with Crippen molar-refractivity contribution >= 4 is 34.4 Å². The summed E-state index contributed by atoms with van der Waals surface area (Å²) in [6.45, 7) is 3.77. The van der Waals surface area contributed by atoms with Crippen molar-refractivity contribution in [3.05, 3.63) is 57.1 Å². The summed E-state index contributed by atoms with van der Waals surface area (Å²) in [4.78, 5) is 35.7. The third-order valence-electron chi connectivity index (χ3n) is 6.42. The fourth-order valence-corrected chi connectivity index (χ4v) is 4.67. The maximum atomic E-state index is 12.6. The van der Waals surface area contributed by atoms with Crippen LogP contribution >= 0.6 is 11.6 Å². The Balaban J connectivity index is 1.61. The molecule has 1 aliphatic rings. The van der Waals surface area contributed by atoms with E-state index in [2.05, 4.69) is 27.4 Å². The maximum absolute atomic E-state index is 12.6. The second kappa shape index (κ2) is 10.6. The van der Waals surface area contributed by atoms with Crippen LogP contribution in [0.4, 0.5) is 5.95 Å². The number of nitrogens with zero attached hydrogens (tertiary/aromatic N) is 4. The van der Waals surface area contributed by atoms with Crippen LogP contribution in [-0.4, -0.2) is 60.3 Å². The van der Waals surface area contributed by atoms with E-state index in [0.29, 0.717) is 29.4 Å². The number of carbonyl (C=O) groups is 1. The van der Waals surface area contributed by atoms with E-state index in [4.69, 9.17) is 21.3 Å². The smallest absolute Gasteiger partial charge is 0.293 e. The van der Waals surface area contributed by atoms with Crippen LogP contribution in [0.5, 0.6) is 5.75 Å². The molecule has 0 saturated carbocycles. The molecule has 1 amide bonds. The first kappa shape index (κ1) is 24.9. The fraction of sp³-hybridized carbons (Fsp3) is 0.440. The molecule has 1 aliphatic heterocycles. The van der Waals surface area contributed by atoms with E-state index in [-0.39, 0.29) is 23.8 Å². The van der Waals surface area contributed by atoms with E-state index in [0.717, 1.165) is 41.7 Å². The number of carbonyl (C=O) groups excluding carboxylic acids is 1. The molecule has 1 saturated heterocycles. The Morgan fingerprint density at radius 2 is 2.06 bits per heavy atom. The average Bonchev–Trinajstić information content (AvgIpc) is 2.85. The SMILES string of the molecule is CNC(=O)COc1cc2cc(Cc3nc(N4C[C@H](C)C[C@@H](NC)C4)ncc3Cl)ccc2n(C)c1=O. The molecule has 0 radical (unpaired) electrons. The van der Waals surface area contributed by atoms with E-state index in [1.165, 1.54) is 11.6 Å². The highest BCUT2D eigenvalue weighted by molar-refractivity contribution is 6.31. The van der Waals surface area contributed by atoms with Gasteiger partial charge in [0.25, 0.3) is 11.5 Å². The summed E-state index contributed by atoms with van der Waals surface area (Å²) in [6.07, 6.45) is 3.31. The molecule has 2 aromatic heterocycles. The van der Waals surface area contributed by atoms with Gasteiger partial charge in [0.15, 0.2) is 12.4 Å². The number of piperidine rings is 1. The first-order valence-corrected chi connectivity index (χ1v) is 12.1. The normalized spacial score (nSPS) is 18.0. The third kappa shape index (κ3) is 5.57. The van der Waals surface area contributed by atoms with Crippen LogP contribution in [0, 0.1) is 5.92 Å². The highest BCUT2D eigenvalue weighted by Gasteiger charge is 2.25. The second-order valence-electron chi connectivity index (χ2n) is 9.10. The van der Waals surface area contributed by atoms with Crippen LogP contribution in [0.15, 0.2) is 35.3 Å². The van der Waals surface area contributed by atoms with Crippen LogP contribution in [0.2, 0.25) is 5.02 Å². The van der Waals surface area contributed by atoms with Crippen molar-refractivity contribution in [3.63, 3.8) is 0 Å². The third-order valence-corrected chi connectivity index (χ3v) is 6.74. The van der Waals surface area contributed by atoms with Crippen LogP contribution in [0.1, 0.15) is 24.6 Å². The van der Waals surface area contributed by atoms with Crippen molar-refractivity contribution in [1.29, 1.82) is 0 Å². The summed E-state index contributed by atoms with van der Waals surface area (Å²) >= 11 is 6.48. The van der Waals surface area contributed by atoms with Gasteiger partial charge < -0.3 is 24.8 Å². The van der Waals surface area contributed by atoms with Crippen LogP contribution in [-0.2, 0) is 18.3 Å². The lowest BCUT2D eigenvalue weighted by Crippen LogP contribution is -2.48. The monoisotopic (exact) mass is 498 g/mol. The lowest BCUT2D eigenvalue weighted by Gasteiger charge is -2.36. The lowest BCUT2D eigenvalue weighted by molar-refractivity contribution is -0.122. The molecule has 1 aromatic carbocycles. The topological polar surface area (TPSA) is 101 Å². The number of hydrogen-bond donors (Lipinski definition) is 2. The number of ether oxygens (including phenoxy) is 1. The molecule has 0 unspecified atom stereocenters. The number of hydrogen-bond acceptors (Lipinski definition) is 7. The first-order valence-electron chi connectivity index (χ1n) is 11.7. The van der Waals surface area contributed by atoms with E-state index in [1.54, 1.807) is 19.3 Å². The molecule has 2 atom stereocenters. The number of likely N-dealkylation sites (N-methyl/N-ethyl adjacent to an activating group) is 2. The van der Waals surface area contributed by atoms with Crippen LogP contribution in [0.3, 0.4) is 0 Å². The van der Waals surface area contributed by atoms with Gasteiger partial charge in [-0.05, 0) is 43.1 Å². The number of benzene rings is 1. The van der Waals surface area contributed by atoms with Gasteiger partial charge in [-0.1, -0.05) is 24.6 Å². The van der Waals surface area contributed by atoms with Crippen LogP contribution < -0.4 is 25.8 Å². The largest absolute Gasteiger partial charge is 0.478 e. The molecule has 0 aliphatic carbocycles. The Kier molecular flexibility index (Phi) is 7.57. The van der Waals surface area contributed by atoms with Gasteiger partial charge in [-0.25, -0.2) is 9.97 Å². The zero-order chi connectivity index (χ0) is 25.1. The maximum Gasteiger partial charge on any atom is 0.293 e. The zero-order valence-corrected chi connectivity index (χ0v) is 21.2. The van der Waals surface area contributed by atoms with E-state index in [9.17, 15) is 9.59 Å². The number of amides is 1. The number of halogens is 1. The molecule has 2 N–H and O–H groups in total. The molecular formula is C25H31ClN6O3. The van der Waals surface area contributed by atoms with E-state index in [1.807, 2.05) is 25.2 Å². The standard InChI is InChI=1S/C25H31ClN6O3/c1-15-7-18(27-2)13-32(12-15)25-29-11-19(26)20(30-25)9-16-5-6-21-17(8-16)10-22(24(34)31(21)4)35-14-23(33)28-3/h5-6,8,10-11,15,18,27H,7,9,12-14H2,1-4H3,(H,28,33)/t15-,18-/m1/s1. The van der Waals surface area contributed by atoms with Crippen molar-refractivity contribution in [2.75, 3.05) is 38.7 Å². The van der Waals surface area contributed by atoms with Gasteiger partial charge in [0.1, 0.15) is 0 Å². The van der Waals surface area contributed by atoms with Crippen molar-refractivity contribution in [1.82, 2.24) is 25.2 Å². The van der Waals surface area contributed by atoms with Gasteiger partial charge >= 0.3 is 0 Å². The molecule has 9 nitrogen and oxygen atoms in total. The summed E-state index contributed by atoms with van der Waals surface area (Å²) in [5, 5.41) is 7.18. The molecule has 35 heavy (non-hydrogen) atoms. The second-order valence-corrected chi connectivity index (χ2v) is 9.51. The fourth-order valence-electron chi connectivity index (χ4n) is 4.52. The van der Waals surface area contributed by atoms with Gasteiger partial charge in [0, 0.05) is 45.0 Å². The lowest BCUT2D eigenvalue weighted by atomic mass is 9.96. The summed E-state index contributed by atoms with van der Waals surface area (Å²) in [7, 11) is 5.19. The predicted molar refractivity (Wildman–Crippen MR) is 137 cm³/mol. The van der Waals surface area contributed by atoms with Crippen LogP contribution in [0.25, 0.3) is 10.9 Å². The van der Waals surface area contributed by atoms with Gasteiger partial charge in [0.2, 0.25) is 5.95 Å². The van der Waals surface area contributed by atoms with Gasteiger partial charge in [-0.3, -0.25) is 9.59 Å². The van der Waals surface area contributed by atoms with Crippen molar-refractivity contribution in [3.8, 4) is 5.75 Å². The molecule has 0 bridgehead atoms. The molecule has 1 fully saturated rings. The Labute approximate surface area is 209 Å². The van der Waals surface area contributed by atoms with Crippen molar-refractivity contribution in [2.45, 2.75) is 25.8 Å². The van der Waals surface area contributed by atoms with Gasteiger partial charge in [-0.2, -0.15) is 0 Å². The zero-order valence-electron chi connectivity index (χ0n) is 20.5. The molecule has 3 heterocycles. The summed E-state index contributed by atoms with van der Waals surface area (Å²) in [5.74, 6) is 1.04. The van der Waals surface area contributed by atoms with Crippen molar-refractivity contribution in [2.24, 2.45) is 13.0 Å².